The molecular formula is C9H6BrF2IO2. The summed E-state index contributed by atoms with van der Waals surface area (Å²) in [7, 11) is 0. The van der Waals surface area contributed by atoms with Crippen molar-refractivity contribution in [3.8, 4) is 5.75 Å². The lowest BCUT2D eigenvalue weighted by atomic mass is 10.1. The molecule has 1 aromatic carbocycles. The van der Waals surface area contributed by atoms with Gasteiger partial charge in [-0.1, -0.05) is 0 Å². The number of ketones is 1. The highest BCUT2D eigenvalue weighted by molar-refractivity contribution is 14.1. The van der Waals surface area contributed by atoms with Crippen molar-refractivity contribution >= 4 is 44.3 Å². The predicted octanol–water partition coefficient (Wildman–Crippen LogP) is 3.86. The quantitative estimate of drug-likeness (QED) is 0.578. The third-order valence-electron chi connectivity index (χ3n) is 1.59. The Morgan fingerprint density at radius 2 is 2.13 bits per heavy atom. The van der Waals surface area contributed by atoms with Gasteiger partial charge in [-0.15, -0.1) is 0 Å². The zero-order valence-electron chi connectivity index (χ0n) is 7.56. The van der Waals surface area contributed by atoms with Crippen LogP contribution in [-0.4, -0.2) is 12.4 Å². The highest BCUT2D eigenvalue weighted by Gasteiger charge is 2.17. The Kier molecular flexibility index (Phi) is 4.45. The van der Waals surface area contributed by atoms with Gasteiger partial charge in [0.25, 0.3) is 0 Å². The Bertz CT molecular complexity index is 396. The van der Waals surface area contributed by atoms with Crippen LogP contribution in [0.25, 0.3) is 0 Å². The molecule has 0 bridgehead atoms. The van der Waals surface area contributed by atoms with Crippen LogP contribution in [-0.2, 0) is 0 Å². The second-order valence-corrected chi connectivity index (χ2v) is 4.80. The topological polar surface area (TPSA) is 26.3 Å². The van der Waals surface area contributed by atoms with E-state index < -0.39 is 6.61 Å². The van der Waals surface area contributed by atoms with Gasteiger partial charge >= 0.3 is 6.61 Å². The maximum Gasteiger partial charge on any atom is 0.387 e. The van der Waals surface area contributed by atoms with Gasteiger partial charge in [-0.2, -0.15) is 8.78 Å². The van der Waals surface area contributed by atoms with Crippen LogP contribution in [0.5, 0.6) is 5.75 Å². The normalized spacial score (nSPS) is 10.5. The Morgan fingerprint density at radius 1 is 1.53 bits per heavy atom. The number of carbonyl (C=O) groups is 1. The molecule has 0 unspecified atom stereocenters. The first-order valence-corrected chi connectivity index (χ1v) is 5.73. The predicted molar refractivity (Wildman–Crippen MR) is 63.5 cm³/mol. The summed E-state index contributed by atoms with van der Waals surface area (Å²) >= 11 is 5.09. The maximum atomic E-state index is 12.1. The van der Waals surface area contributed by atoms with Gasteiger partial charge < -0.3 is 4.74 Å². The van der Waals surface area contributed by atoms with Gasteiger partial charge in [0.2, 0.25) is 0 Å². The highest BCUT2D eigenvalue weighted by Crippen LogP contribution is 2.31. The average molecular weight is 391 g/mol. The standard InChI is InChI=1S/C9H6BrF2IO2/c1-4(14)8-6(10)2-5(13)3-7(8)15-9(11)12/h2-3,9H,1H3. The van der Waals surface area contributed by atoms with Crippen LogP contribution >= 0.6 is 38.5 Å². The fraction of sp³-hybridized carbons (Fsp3) is 0.222. The number of rotatable bonds is 3. The molecule has 0 heterocycles. The summed E-state index contributed by atoms with van der Waals surface area (Å²) in [5.41, 5.74) is 0.135. The monoisotopic (exact) mass is 390 g/mol. The Balaban J connectivity index is 3.27. The SMILES string of the molecule is CC(=O)c1c(Br)cc(I)cc1OC(F)F. The van der Waals surface area contributed by atoms with E-state index in [9.17, 15) is 13.6 Å². The zero-order valence-corrected chi connectivity index (χ0v) is 11.3. The molecule has 0 saturated heterocycles. The molecule has 0 radical (unpaired) electrons. The van der Waals surface area contributed by atoms with E-state index in [-0.39, 0.29) is 17.1 Å². The molecule has 15 heavy (non-hydrogen) atoms. The molecular weight excluding hydrogens is 385 g/mol. The van der Waals surface area contributed by atoms with Crippen molar-refractivity contribution in [2.45, 2.75) is 13.5 Å². The van der Waals surface area contributed by atoms with Gasteiger partial charge in [0, 0.05) is 8.04 Å². The summed E-state index contributed by atoms with van der Waals surface area (Å²) in [6.45, 7) is -1.64. The number of halogens is 4. The van der Waals surface area contributed by atoms with Crippen molar-refractivity contribution in [1.82, 2.24) is 0 Å². The number of hydrogen-bond donors (Lipinski definition) is 0. The smallest absolute Gasteiger partial charge is 0.387 e. The van der Waals surface area contributed by atoms with Crippen molar-refractivity contribution in [2.24, 2.45) is 0 Å². The lowest BCUT2D eigenvalue weighted by molar-refractivity contribution is -0.0502. The van der Waals surface area contributed by atoms with E-state index in [1.807, 2.05) is 22.6 Å². The molecule has 1 rings (SSSR count). The van der Waals surface area contributed by atoms with Gasteiger partial charge in [0.15, 0.2) is 5.78 Å². The lowest BCUT2D eigenvalue weighted by Gasteiger charge is -2.10. The van der Waals surface area contributed by atoms with E-state index in [1.54, 1.807) is 6.07 Å². The minimum atomic E-state index is -2.94. The number of benzene rings is 1. The second-order valence-electron chi connectivity index (χ2n) is 2.70. The first kappa shape index (κ1) is 12.8. The van der Waals surface area contributed by atoms with Crippen LogP contribution in [0.4, 0.5) is 8.78 Å². The van der Waals surface area contributed by atoms with E-state index in [1.165, 1.54) is 13.0 Å². The van der Waals surface area contributed by atoms with Gasteiger partial charge in [-0.3, -0.25) is 4.79 Å². The van der Waals surface area contributed by atoms with E-state index in [0.29, 0.717) is 8.04 Å². The summed E-state index contributed by atoms with van der Waals surface area (Å²) in [4.78, 5) is 11.2. The summed E-state index contributed by atoms with van der Waals surface area (Å²) in [6, 6.07) is 3.06. The molecule has 0 aliphatic rings. The second kappa shape index (κ2) is 5.20. The Hall–Kier alpha value is -0.240. The molecule has 1 aromatic rings. The van der Waals surface area contributed by atoms with Crippen molar-refractivity contribution in [3.63, 3.8) is 0 Å². The molecule has 0 N–H and O–H groups in total. The van der Waals surface area contributed by atoms with Crippen molar-refractivity contribution in [1.29, 1.82) is 0 Å². The molecule has 0 atom stereocenters. The molecule has 82 valence electrons. The third kappa shape index (κ3) is 3.37. The number of hydrogen-bond acceptors (Lipinski definition) is 2. The van der Waals surface area contributed by atoms with Crippen molar-refractivity contribution in [2.75, 3.05) is 0 Å². The molecule has 0 spiro atoms. The van der Waals surface area contributed by atoms with Crippen LogP contribution in [0.1, 0.15) is 17.3 Å². The minimum Gasteiger partial charge on any atom is -0.434 e. The molecule has 0 amide bonds. The first-order chi connectivity index (χ1) is 6.91. The molecule has 6 heteroatoms. The van der Waals surface area contributed by atoms with Gasteiger partial charge in [-0.05, 0) is 57.6 Å². The van der Waals surface area contributed by atoms with Crippen LogP contribution in [0.2, 0.25) is 0 Å². The van der Waals surface area contributed by atoms with Crippen LogP contribution in [0.3, 0.4) is 0 Å². The van der Waals surface area contributed by atoms with Gasteiger partial charge in [-0.25, -0.2) is 0 Å². The van der Waals surface area contributed by atoms with Gasteiger partial charge in [0.05, 0.1) is 5.56 Å². The van der Waals surface area contributed by atoms with E-state index in [0.717, 1.165) is 0 Å². The van der Waals surface area contributed by atoms with Gasteiger partial charge in [0.1, 0.15) is 5.75 Å². The summed E-state index contributed by atoms with van der Waals surface area (Å²) in [5.74, 6) is -0.426. The number of ether oxygens (including phenoxy) is 1. The Labute approximate surface area is 107 Å². The summed E-state index contributed by atoms with van der Waals surface area (Å²) in [6.07, 6.45) is 0. The largest absolute Gasteiger partial charge is 0.434 e. The lowest BCUT2D eigenvalue weighted by Crippen LogP contribution is -2.07. The van der Waals surface area contributed by atoms with Crippen LogP contribution < -0.4 is 4.74 Å². The van der Waals surface area contributed by atoms with Crippen LogP contribution in [0.15, 0.2) is 16.6 Å². The van der Waals surface area contributed by atoms with Crippen molar-refractivity contribution in [3.05, 3.63) is 25.7 Å². The fourth-order valence-corrected chi connectivity index (χ4v) is 2.82. The maximum absolute atomic E-state index is 12.1. The number of alkyl halides is 2. The zero-order chi connectivity index (χ0) is 11.6. The van der Waals surface area contributed by atoms with E-state index in [4.69, 9.17) is 0 Å². The fourth-order valence-electron chi connectivity index (χ4n) is 1.08. The van der Waals surface area contributed by atoms with E-state index >= 15 is 0 Å². The van der Waals surface area contributed by atoms with Crippen LogP contribution in [0, 0.1) is 3.57 Å². The highest BCUT2D eigenvalue weighted by atomic mass is 127. The Morgan fingerprint density at radius 3 is 2.60 bits per heavy atom. The molecule has 0 saturated carbocycles. The summed E-state index contributed by atoms with van der Waals surface area (Å²) in [5, 5.41) is 0. The molecule has 2 nitrogen and oxygen atoms in total. The summed E-state index contributed by atoms with van der Waals surface area (Å²) < 4.78 is 29.6. The molecule has 0 fully saturated rings. The number of carbonyl (C=O) groups excluding carboxylic acids is 1. The first-order valence-electron chi connectivity index (χ1n) is 3.86. The molecule has 0 aromatic heterocycles. The number of Topliss-reactive ketones (excluding diaryl/α,β-unsaturated/α-hetero) is 1. The average Bonchev–Trinajstić information content (AvgIpc) is 1.99. The third-order valence-corrected chi connectivity index (χ3v) is 2.84. The minimum absolute atomic E-state index is 0.101. The van der Waals surface area contributed by atoms with Crippen molar-refractivity contribution < 1.29 is 18.3 Å². The molecule has 0 aliphatic heterocycles. The van der Waals surface area contributed by atoms with E-state index in [2.05, 4.69) is 20.7 Å². The molecule has 0 aliphatic carbocycles.